The first-order valence-electron chi connectivity index (χ1n) is 15.2. The van der Waals surface area contributed by atoms with Gasteiger partial charge in [0.05, 0.1) is 10.9 Å². The van der Waals surface area contributed by atoms with Crippen LogP contribution in [0.1, 0.15) is 41.5 Å². The van der Waals surface area contributed by atoms with Gasteiger partial charge in [0.15, 0.2) is 12.5 Å². The minimum absolute atomic E-state index is 0.157. The van der Waals surface area contributed by atoms with Crippen molar-refractivity contribution < 1.29 is 18.0 Å². The van der Waals surface area contributed by atoms with E-state index < -0.39 is 33.7 Å². The Balaban J connectivity index is 1.82. The average Bonchev–Trinajstić information content (AvgIpc) is 3.02. The number of carbonyl (C=O) groups is 1. The quantitative estimate of drug-likeness (QED) is 0.0931. The van der Waals surface area contributed by atoms with Crippen LogP contribution in [0.2, 0.25) is 10.1 Å². The van der Waals surface area contributed by atoms with Gasteiger partial charge in [-0.15, -0.1) is 0 Å². The summed E-state index contributed by atoms with van der Waals surface area (Å²) in [7, 11) is -6.08. The van der Waals surface area contributed by atoms with Crippen molar-refractivity contribution in [2.45, 2.75) is 68.7 Å². The molecular weight excluding hydrogens is 647 g/mol. The number of alkyl halides is 2. The van der Waals surface area contributed by atoms with Crippen LogP contribution >= 0.6 is 15.9 Å². The molecule has 4 aromatic carbocycles. The largest absolute Gasteiger partial charge is 0.406 e. The molecule has 3 nitrogen and oxygen atoms in total. The predicted octanol–water partition coefficient (Wildman–Crippen LogP) is 6.81. The average molecular weight is 692 g/mol. The fourth-order valence-corrected chi connectivity index (χ4v) is 16.6. The molecule has 0 saturated carbocycles. The van der Waals surface area contributed by atoms with Crippen molar-refractivity contribution in [3.8, 4) is 0 Å². The molecule has 0 aliphatic carbocycles. The number of rotatable bonds is 12. The second-order valence-corrected chi connectivity index (χ2v) is 23.1. The van der Waals surface area contributed by atoms with Gasteiger partial charge in [-0.2, -0.15) is 0 Å². The van der Waals surface area contributed by atoms with Crippen LogP contribution in [0.15, 0.2) is 121 Å². The Morgan fingerprint density at radius 1 is 0.636 bits per heavy atom. The van der Waals surface area contributed by atoms with Gasteiger partial charge in [0.1, 0.15) is 0 Å². The Bertz CT molecular complexity index is 1380. The van der Waals surface area contributed by atoms with E-state index in [4.69, 9.17) is 8.85 Å². The molecule has 0 fully saturated rings. The smallest absolute Gasteiger partial charge is 0.261 e. The van der Waals surface area contributed by atoms with Crippen molar-refractivity contribution in [3.05, 3.63) is 121 Å². The molecule has 0 N–H and O–H groups in total. The Labute approximate surface area is 273 Å². The van der Waals surface area contributed by atoms with Gasteiger partial charge in [0.2, 0.25) is 0 Å². The first-order chi connectivity index (χ1) is 20.9. The summed E-state index contributed by atoms with van der Waals surface area (Å²) in [4.78, 5) is 11.6. The highest BCUT2D eigenvalue weighted by atomic mass is 79.9. The van der Waals surface area contributed by atoms with Gasteiger partial charge in [-0.1, -0.05) is 179 Å². The molecule has 0 aromatic heterocycles. The van der Waals surface area contributed by atoms with E-state index in [1.165, 1.54) is 0 Å². The van der Waals surface area contributed by atoms with E-state index in [0.29, 0.717) is 6.29 Å². The molecule has 1 unspecified atom stereocenters. The van der Waals surface area contributed by atoms with Crippen LogP contribution < -0.4 is 20.7 Å². The number of hydrogen-bond acceptors (Lipinski definition) is 3. The molecule has 0 saturated heterocycles. The lowest BCUT2D eigenvalue weighted by molar-refractivity contribution is -0.115. The van der Waals surface area contributed by atoms with E-state index in [0.717, 1.165) is 20.7 Å². The van der Waals surface area contributed by atoms with Crippen LogP contribution in [0.3, 0.4) is 0 Å². The fourth-order valence-electron chi connectivity index (χ4n) is 6.37. The van der Waals surface area contributed by atoms with Crippen molar-refractivity contribution in [2.24, 2.45) is 0 Å². The molecular formula is C37H44BrFO3Si2. The topological polar surface area (TPSA) is 35.5 Å². The van der Waals surface area contributed by atoms with E-state index in [1.807, 2.05) is 72.8 Å². The molecule has 0 bridgehead atoms. The third-order valence-corrected chi connectivity index (χ3v) is 19.2. The van der Waals surface area contributed by atoms with Crippen LogP contribution in [0.4, 0.5) is 4.39 Å². The molecule has 0 spiro atoms. The van der Waals surface area contributed by atoms with Crippen molar-refractivity contribution in [1.29, 1.82) is 0 Å². The second-order valence-electron chi connectivity index (χ2n) is 13.3. The number of carbonyl (C=O) groups excluding carboxylic acids is 1. The Morgan fingerprint density at radius 2 is 0.955 bits per heavy atom. The number of benzene rings is 4. The summed E-state index contributed by atoms with van der Waals surface area (Å²) in [5.74, 6) is 0. The van der Waals surface area contributed by atoms with Gasteiger partial charge in [-0.3, -0.25) is 0 Å². The van der Waals surface area contributed by atoms with E-state index in [1.54, 1.807) is 0 Å². The van der Waals surface area contributed by atoms with E-state index in [9.17, 15) is 4.79 Å². The van der Waals surface area contributed by atoms with Crippen LogP contribution in [-0.4, -0.2) is 46.6 Å². The molecule has 0 aliphatic rings. The summed E-state index contributed by atoms with van der Waals surface area (Å²) in [6, 6.07) is 40.9. The second kappa shape index (κ2) is 14.2. The van der Waals surface area contributed by atoms with Crippen LogP contribution in [0.25, 0.3) is 0 Å². The molecule has 4 aromatic rings. The predicted molar refractivity (Wildman–Crippen MR) is 190 cm³/mol. The highest BCUT2D eigenvalue weighted by molar-refractivity contribution is 9.09. The Morgan fingerprint density at radius 3 is 1.25 bits per heavy atom. The highest BCUT2D eigenvalue weighted by Gasteiger charge is 2.54. The van der Waals surface area contributed by atoms with Crippen molar-refractivity contribution in [2.75, 3.05) is 6.61 Å². The molecule has 4 rings (SSSR count). The lowest BCUT2D eigenvalue weighted by atomic mass is 10.2. The Kier molecular flexibility index (Phi) is 11.0. The van der Waals surface area contributed by atoms with E-state index in [2.05, 4.69) is 106 Å². The molecule has 44 heavy (non-hydrogen) atoms. The van der Waals surface area contributed by atoms with Gasteiger partial charge < -0.3 is 13.6 Å². The van der Waals surface area contributed by atoms with Crippen molar-refractivity contribution in [3.63, 3.8) is 0 Å². The third-order valence-electron chi connectivity index (χ3n) is 8.41. The summed E-state index contributed by atoms with van der Waals surface area (Å²) in [6.45, 7) is 13.2. The third kappa shape index (κ3) is 6.77. The van der Waals surface area contributed by atoms with Crippen LogP contribution in [-0.2, 0) is 13.6 Å². The summed E-state index contributed by atoms with van der Waals surface area (Å²) < 4.78 is 30.3. The van der Waals surface area contributed by atoms with Gasteiger partial charge in [0.25, 0.3) is 16.6 Å². The number of halogens is 2. The van der Waals surface area contributed by atoms with Crippen molar-refractivity contribution in [1.82, 2.24) is 0 Å². The first-order valence-corrected chi connectivity index (χ1v) is 19.9. The molecule has 0 amide bonds. The lowest BCUT2D eigenvalue weighted by Gasteiger charge is -2.47. The molecule has 0 radical (unpaired) electrons. The SMILES string of the molecule is CC(C)(C)[Si](OC[C@H](Br)[C@H](O[Si](c1ccccc1)(c1ccccc1)C(C)(C)C)C(F)C=O)(c1ccccc1)c1ccccc1. The number of aldehydes is 1. The molecule has 3 atom stereocenters. The fraction of sp³-hybridized carbons (Fsp3) is 0.324. The zero-order chi connectivity index (χ0) is 32.0. The van der Waals surface area contributed by atoms with Crippen LogP contribution in [0, 0.1) is 0 Å². The molecule has 0 aliphatic heterocycles. The van der Waals surface area contributed by atoms with Crippen LogP contribution in [0.5, 0.6) is 0 Å². The van der Waals surface area contributed by atoms with E-state index >= 15 is 4.39 Å². The van der Waals surface area contributed by atoms with Gasteiger partial charge >= 0.3 is 0 Å². The van der Waals surface area contributed by atoms with Gasteiger partial charge in [-0.05, 0) is 30.8 Å². The maximum absolute atomic E-state index is 16.0. The normalized spacial score (nSPS) is 14.9. The summed E-state index contributed by atoms with van der Waals surface area (Å²) in [5.41, 5.74) is 0. The molecule has 0 heterocycles. The van der Waals surface area contributed by atoms with Gasteiger partial charge in [-0.25, -0.2) is 4.39 Å². The lowest BCUT2D eigenvalue weighted by Crippen LogP contribution is -2.70. The maximum atomic E-state index is 16.0. The summed E-state index contributed by atoms with van der Waals surface area (Å²) >= 11 is 3.81. The monoisotopic (exact) mass is 690 g/mol. The minimum Gasteiger partial charge on any atom is -0.406 e. The zero-order valence-corrected chi connectivity index (χ0v) is 30.1. The van der Waals surface area contributed by atoms with E-state index in [-0.39, 0.29) is 16.7 Å². The summed E-state index contributed by atoms with van der Waals surface area (Å²) in [6.07, 6.45) is -2.58. The maximum Gasteiger partial charge on any atom is 0.261 e. The minimum atomic E-state index is -3.17. The first kappa shape index (κ1) is 34.2. The molecule has 7 heteroatoms. The zero-order valence-electron chi connectivity index (χ0n) is 26.5. The summed E-state index contributed by atoms with van der Waals surface area (Å²) in [5, 5.41) is 3.67. The number of hydrogen-bond donors (Lipinski definition) is 0. The van der Waals surface area contributed by atoms with Gasteiger partial charge in [0, 0.05) is 6.61 Å². The Hall–Kier alpha value is -2.69. The molecule has 232 valence electrons. The van der Waals surface area contributed by atoms with Crippen molar-refractivity contribution >= 4 is 59.6 Å². The standard InChI is InChI=1S/C37H44BrFO3Si2/c1-36(2,3)43(29-19-11-7-12-20-29,30-21-13-8-14-22-30)41-28-33(38)35(34(39)27-40)42-44(37(4,5)6,31-23-15-9-16-24-31)32-25-17-10-18-26-32/h7-27,33-35H,28H2,1-6H3/t33-,34?,35-/m0/s1. The highest BCUT2D eigenvalue weighted by Crippen LogP contribution is 2.40.